The first kappa shape index (κ1) is 19.5. The molecule has 0 heterocycles. The van der Waals surface area contributed by atoms with E-state index in [1.165, 1.54) is 30.7 Å². The lowest BCUT2D eigenvalue weighted by Crippen LogP contribution is -2.39. The van der Waals surface area contributed by atoms with Crippen LogP contribution in [0.5, 0.6) is 0 Å². The second-order valence-electron chi connectivity index (χ2n) is 6.96. The Bertz CT molecular complexity index is 925. The molecule has 3 rings (SSSR count). The molecule has 7 heteroatoms. The maximum Gasteiger partial charge on any atom is 0.338 e. The van der Waals surface area contributed by atoms with Gasteiger partial charge >= 0.3 is 5.97 Å². The number of carbonyl (C=O) groups is 2. The zero-order valence-corrected chi connectivity index (χ0v) is 15.8. The summed E-state index contributed by atoms with van der Waals surface area (Å²) in [5.74, 6) is -1.06. The van der Waals surface area contributed by atoms with Crippen LogP contribution in [-0.4, -0.2) is 22.9 Å². The third-order valence-electron chi connectivity index (χ3n) is 4.97. The number of nitrogens with one attached hydrogen (secondary N) is 1. The fourth-order valence-electron chi connectivity index (χ4n) is 3.46. The first-order chi connectivity index (χ1) is 13.4. The van der Waals surface area contributed by atoms with Gasteiger partial charge in [-0.2, -0.15) is 0 Å². The second-order valence-corrected chi connectivity index (χ2v) is 6.96. The number of esters is 1. The standard InChI is InChI=1S/C21H22N2O5/c1-13-12-16(10-11-19(13)23(26)27)21(25)28-14(2)20(24)22-18-9-5-7-15-6-3-4-8-17(15)18/h3-4,6,8,10-12,14,18H,5,7,9H2,1-2H3,(H,22,24)/t14-,18-/m1/s1. The zero-order valence-electron chi connectivity index (χ0n) is 15.8. The van der Waals surface area contributed by atoms with Gasteiger partial charge in [-0.05, 0) is 56.4 Å². The molecule has 1 amide bonds. The summed E-state index contributed by atoms with van der Waals surface area (Å²) in [6.07, 6.45) is 1.84. The molecule has 0 radical (unpaired) electrons. The summed E-state index contributed by atoms with van der Waals surface area (Å²) in [5, 5.41) is 13.8. The van der Waals surface area contributed by atoms with E-state index in [0.29, 0.717) is 5.56 Å². The van der Waals surface area contributed by atoms with Crippen molar-refractivity contribution < 1.29 is 19.2 Å². The van der Waals surface area contributed by atoms with Crippen LogP contribution in [0.15, 0.2) is 42.5 Å². The van der Waals surface area contributed by atoms with Crippen molar-refractivity contribution in [2.45, 2.75) is 45.3 Å². The molecule has 0 aromatic heterocycles. The van der Waals surface area contributed by atoms with E-state index in [-0.39, 0.29) is 23.2 Å². The number of nitro benzene ring substituents is 1. The van der Waals surface area contributed by atoms with Crippen LogP contribution in [0.3, 0.4) is 0 Å². The summed E-state index contributed by atoms with van der Waals surface area (Å²) in [4.78, 5) is 35.2. The van der Waals surface area contributed by atoms with Crippen LogP contribution in [0.4, 0.5) is 5.69 Å². The normalized spacial score (nSPS) is 16.6. The van der Waals surface area contributed by atoms with Gasteiger partial charge in [-0.3, -0.25) is 14.9 Å². The van der Waals surface area contributed by atoms with E-state index in [0.717, 1.165) is 24.8 Å². The Morgan fingerprint density at radius 2 is 2.00 bits per heavy atom. The van der Waals surface area contributed by atoms with Crippen LogP contribution in [0.25, 0.3) is 0 Å². The van der Waals surface area contributed by atoms with Crippen LogP contribution >= 0.6 is 0 Å². The molecule has 2 atom stereocenters. The van der Waals surface area contributed by atoms with E-state index < -0.39 is 17.0 Å². The van der Waals surface area contributed by atoms with Crippen LogP contribution in [0, 0.1) is 17.0 Å². The van der Waals surface area contributed by atoms with Gasteiger partial charge in [0.2, 0.25) is 0 Å². The summed E-state index contributed by atoms with van der Waals surface area (Å²) in [5.41, 5.74) is 2.79. The van der Waals surface area contributed by atoms with Gasteiger partial charge in [0.25, 0.3) is 11.6 Å². The predicted octanol–water partition coefficient (Wildman–Crippen LogP) is 3.64. The molecule has 0 unspecified atom stereocenters. The highest BCUT2D eigenvalue weighted by molar-refractivity contribution is 5.92. The van der Waals surface area contributed by atoms with Crippen LogP contribution < -0.4 is 5.32 Å². The van der Waals surface area contributed by atoms with Crippen LogP contribution in [-0.2, 0) is 16.0 Å². The molecule has 7 nitrogen and oxygen atoms in total. The molecule has 0 fully saturated rings. The number of ether oxygens (including phenoxy) is 1. The fourth-order valence-corrected chi connectivity index (χ4v) is 3.46. The van der Waals surface area contributed by atoms with E-state index in [9.17, 15) is 19.7 Å². The maximum atomic E-state index is 12.5. The zero-order chi connectivity index (χ0) is 20.3. The minimum Gasteiger partial charge on any atom is -0.449 e. The summed E-state index contributed by atoms with van der Waals surface area (Å²) in [7, 11) is 0. The number of amides is 1. The first-order valence-corrected chi connectivity index (χ1v) is 9.21. The van der Waals surface area contributed by atoms with Crippen molar-refractivity contribution in [3.05, 3.63) is 74.8 Å². The van der Waals surface area contributed by atoms with Gasteiger partial charge in [0.1, 0.15) is 0 Å². The van der Waals surface area contributed by atoms with E-state index in [1.54, 1.807) is 6.92 Å². The van der Waals surface area contributed by atoms with E-state index in [2.05, 4.69) is 11.4 Å². The fraction of sp³-hybridized carbons (Fsp3) is 0.333. The third kappa shape index (κ3) is 4.19. The summed E-state index contributed by atoms with van der Waals surface area (Å²) >= 11 is 0. The molecular formula is C21H22N2O5. The monoisotopic (exact) mass is 382 g/mol. The Kier molecular flexibility index (Phi) is 5.73. The van der Waals surface area contributed by atoms with Crippen molar-refractivity contribution in [2.75, 3.05) is 0 Å². The Labute approximate surface area is 162 Å². The van der Waals surface area contributed by atoms with Gasteiger partial charge in [0.15, 0.2) is 6.10 Å². The van der Waals surface area contributed by atoms with E-state index >= 15 is 0 Å². The lowest BCUT2D eigenvalue weighted by molar-refractivity contribution is -0.385. The molecule has 1 aliphatic rings. The molecule has 2 aromatic carbocycles. The molecule has 146 valence electrons. The Morgan fingerprint density at radius 1 is 1.25 bits per heavy atom. The molecule has 2 aromatic rings. The Balaban J connectivity index is 1.64. The number of hydrogen-bond donors (Lipinski definition) is 1. The van der Waals surface area contributed by atoms with Gasteiger partial charge in [0, 0.05) is 11.6 Å². The lowest BCUT2D eigenvalue weighted by atomic mass is 9.87. The molecule has 1 aliphatic carbocycles. The summed E-state index contributed by atoms with van der Waals surface area (Å²) < 4.78 is 5.26. The number of nitrogens with zero attached hydrogens (tertiary/aromatic N) is 1. The van der Waals surface area contributed by atoms with Crippen molar-refractivity contribution in [3.63, 3.8) is 0 Å². The SMILES string of the molecule is Cc1cc(C(=O)O[C@H](C)C(=O)N[C@@H]2CCCc3ccccc32)ccc1[N+](=O)[O-]. The van der Waals surface area contributed by atoms with Crippen LogP contribution in [0.2, 0.25) is 0 Å². The van der Waals surface area contributed by atoms with E-state index in [4.69, 9.17) is 4.74 Å². The Morgan fingerprint density at radius 3 is 2.71 bits per heavy atom. The van der Waals surface area contributed by atoms with Crippen molar-refractivity contribution in [1.82, 2.24) is 5.32 Å². The van der Waals surface area contributed by atoms with Gasteiger partial charge in [0.05, 0.1) is 16.5 Å². The summed E-state index contributed by atoms with van der Waals surface area (Å²) in [6.45, 7) is 3.06. The number of fused-ring (bicyclic) bond motifs is 1. The highest BCUT2D eigenvalue weighted by atomic mass is 16.6. The quantitative estimate of drug-likeness (QED) is 0.484. The number of hydrogen-bond acceptors (Lipinski definition) is 5. The topological polar surface area (TPSA) is 98.5 Å². The minimum atomic E-state index is -0.975. The highest BCUT2D eigenvalue weighted by Crippen LogP contribution is 2.29. The molecule has 0 aliphatic heterocycles. The second kappa shape index (κ2) is 8.21. The molecule has 0 saturated carbocycles. The van der Waals surface area contributed by atoms with Crippen molar-refractivity contribution >= 4 is 17.6 Å². The minimum absolute atomic E-state index is 0.0710. The lowest BCUT2D eigenvalue weighted by Gasteiger charge is -2.27. The average molecular weight is 382 g/mol. The molecule has 0 spiro atoms. The molecule has 1 N–H and O–H groups in total. The third-order valence-corrected chi connectivity index (χ3v) is 4.97. The summed E-state index contributed by atoms with van der Waals surface area (Å²) in [6, 6.07) is 11.9. The van der Waals surface area contributed by atoms with Gasteiger partial charge in [-0.25, -0.2) is 4.79 Å². The van der Waals surface area contributed by atoms with Crippen molar-refractivity contribution in [1.29, 1.82) is 0 Å². The highest BCUT2D eigenvalue weighted by Gasteiger charge is 2.26. The van der Waals surface area contributed by atoms with Gasteiger partial charge < -0.3 is 10.1 Å². The smallest absolute Gasteiger partial charge is 0.338 e. The van der Waals surface area contributed by atoms with Gasteiger partial charge in [-0.15, -0.1) is 0 Å². The average Bonchev–Trinajstić information content (AvgIpc) is 2.67. The molecular weight excluding hydrogens is 360 g/mol. The number of benzene rings is 2. The number of aryl methyl sites for hydroxylation is 2. The predicted molar refractivity (Wildman–Crippen MR) is 103 cm³/mol. The number of nitro groups is 1. The number of carbonyl (C=O) groups excluding carboxylic acids is 2. The first-order valence-electron chi connectivity index (χ1n) is 9.21. The molecule has 0 bridgehead atoms. The van der Waals surface area contributed by atoms with Crippen molar-refractivity contribution in [3.8, 4) is 0 Å². The molecule has 0 saturated heterocycles. The van der Waals surface area contributed by atoms with Crippen LogP contribution in [0.1, 0.15) is 52.9 Å². The number of rotatable bonds is 5. The van der Waals surface area contributed by atoms with Crippen molar-refractivity contribution in [2.24, 2.45) is 0 Å². The molecule has 28 heavy (non-hydrogen) atoms. The maximum absolute atomic E-state index is 12.5. The largest absolute Gasteiger partial charge is 0.449 e. The van der Waals surface area contributed by atoms with Gasteiger partial charge in [-0.1, -0.05) is 24.3 Å². The Hall–Kier alpha value is -3.22. The van der Waals surface area contributed by atoms with E-state index in [1.807, 2.05) is 18.2 Å².